The van der Waals surface area contributed by atoms with E-state index in [2.05, 4.69) is 10.2 Å². The highest BCUT2D eigenvalue weighted by molar-refractivity contribution is 6.35. The summed E-state index contributed by atoms with van der Waals surface area (Å²) in [6.07, 6.45) is 5.39. The highest BCUT2D eigenvalue weighted by atomic mass is 35.5. The van der Waals surface area contributed by atoms with Crippen molar-refractivity contribution in [3.8, 4) is 16.9 Å². The summed E-state index contributed by atoms with van der Waals surface area (Å²) in [6.45, 7) is 2.82. The largest absolute Gasteiger partial charge is 0.396 e. The zero-order chi connectivity index (χ0) is 15.0. The zero-order valence-electron chi connectivity index (χ0n) is 11.3. The van der Waals surface area contributed by atoms with Crippen molar-refractivity contribution in [3.05, 3.63) is 46.8 Å². The van der Waals surface area contributed by atoms with Crippen LogP contribution in [0.5, 0.6) is 0 Å². The number of benzene rings is 1. The average molecular weight is 322 g/mol. The minimum atomic E-state index is 0.515. The summed E-state index contributed by atoms with van der Waals surface area (Å²) < 4.78 is 3.47. The number of halogens is 2. The van der Waals surface area contributed by atoms with Gasteiger partial charge < -0.3 is 5.73 Å². The first-order chi connectivity index (χ1) is 10.1. The van der Waals surface area contributed by atoms with Gasteiger partial charge in [-0.25, -0.2) is 4.68 Å². The molecule has 3 aromatic rings. The molecule has 0 aliphatic heterocycles. The lowest BCUT2D eigenvalue weighted by Gasteiger charge is -2.04. The molecule has 108 valence electrons. The summed E-state index contributed by atoms with van der Waals surface area (Å²) in [6, 6.07) is 5.23. The molecule has 2 aromatic heterocycles. The Labute approximate surface area is 131 Å². The lowest BCUT2D eigenvalue weighted by Crippen LogP contribution is -1.95. The highest BCUT2D eigenvalue weighted by Gasteiger charge is 2.13. The third-order valence-electron chi connectivity index (χ3n) is 3.13. The number of nitrogens with two attached hydrogens (primary N) is 1. The maximum atomic E-state index is 6.20. The first kappa shape index (κ1) is 14.0. The van der Waals surface area contributed by atoms with Crippen molar-refractivity contribution in [2.45, 2.75) is 13.5 Å². The molecule has 0 amide bonds. The van der Waals surface area contributed by atoms with Gasteiger partial charge in [-0.05, 0) is 25.1 Å². The van der Waals surface area contributed by atoms with Crippen LogP contribution in [0, 0.1) is 0 Å². The van der Waals surface area contributed by atoms with Crippen molar-refractivity contribution < 1.29 is 0 Å². The fraction of sp³-hybridized carbons (Fsp3) is 0.143. The standard InChI is InChI=1S/C14H13Cl2N5/c1-2-20-7-9(6-18-20)14-12(17)8-21(19-14)13-4-3-10(15)5-11(13)16/h3-8H,2,17H2,1H3. The van der Waals surface area contributed by atoms with E-state index in [0.717, 1.165) is 17.8 Å². The van der Waals surface area contributed by atoms with Crippen molar-refractivity contribution in [3.63, 3.8) is 0 Å². The fourth-order valence-corrected chi connectivity index (χ4v) is 2.56. The molecule has 0 fully saturated rings. The molecular formula is C14H13Cl2N5. The Morgan fingerprint density at radius 1 is 1.24 bits per heavy atom. The zero-order valence-corrected chi connectivity index (χ0v) is 12.8. The van der Waals surface area contributed by atoms with E-state index in [-0.39, 0.29) is 0 Å². The molecule has 0 radical (unpaired) electrons. The van der Waals surface area contributed by atoms with Crippen LogP contribution < -0.4 is 5.73 Å². The molecule has 5 nitrogen and oxygen atoms in total. The number of hydrogen-bond acceptors (Lipinski definition) is 3. The number of nitrogens with zero attached hydrogens (tertiary/aromatic N) is 4. The number of anilines is 1. The Kier molecular flexibility index (Phi) is 3.61. The molecule has 3 rings (SSSR count). The predicted molar refractivity (Wildman–Crippen MR) is 84.9 cm³/mol. The van der Waals surface area contributed by atoms with E-state index in [1.165, 1.54) is 0 Å². The normalized spacial score (nSPS) is 11.0. The molecule has 0 atom stereocenters. The number of hydrogen-bond donors (Lipinski definition) is 1. The van der Waals surface area contributed by atoms with Crippen LogP contribution in [0.3, 0.4) is 0 Å². The van der Waals surface area contributed by atoms with Gasteiger partial charge in [0.25, 0.3) is 0 Å². The van der Waals surface area contributed by atoms with Gasteiger partial charge in [-0.3, -0.25) is 4.68 Å². The van der Waals surface area contributed by atoms with E-state index in [1.54, 1.807) is 35.3 Å². The molecule has 21 heavy (non-hydrogen) atoms. The van der Waals surface area contributed by atoms with Crippen LogP contribution in [0.15, 0.2) is 36.8 Å². The SMILES string of the molecule is CCn1cc(-c2nn(-c3ccc(Cl)cc3Cl)cc2N)cn1. The Bertz CT molecular complexity index is 791. The van der Waals surface area contributed by atoms with Crippen LogP contribution in [0.1, 0.15) is 6.92 Å². The molecule has 1 aromatic carbocycles. The van der Waals surface area contributed by atoms with E-state index >= 15 is 0 Å². The van der Waals surface area contributed by atoms with E-state index < -0.39 is 0 Å². The second kappa shape index (κ2) is 5.42. The third-order valence-corrected chi connectivity index (χ3v) is 3.67. The third kappa shape index (κ3) is 2.62. The van der Waals surface area contributed by atoms with Gasteiger partial charge in [-0.1, -0.05) is 23.2 Å². The van der Waals surface area contributed by atoms with Crippen molar-refractivity contribution in [2.75, 3.05) is 5.73 Å². The Hall–Kier alpha value is -1.98. The molecule has 2 heterocycles. The van der Waals surface area contributed by atoms with Gasteiger partial charge in [0.1, 0.15) is 5.69 Å². The van der Waals surface area contributed by atoms with Crippen LogP contribution in [0.2, 0.25) is 10.0 Å². The van der Waals surface area contributed by atoms with Crippen molar-refractivity contribution in [1.82, 2.24) is 19.6 Å². The summed E-state index contributed by atoms with van der Waals surface area (Å²) >= 11 is 12.1. The number of aryl methyl sites for hydroxylation is 1. The first-order valence-electron chi connectivity index (χ1n) is 6.42. The van der Waals surface area contributed by atoms with Gasteiger partial charge in [0, 0.05) is 23.3 Å². The summed E-state index contributed by atoms with van der Waals surface area (Å²) in [5, 5.41) is 9.82. The van der Waals surface area contributed by atoms with Crippen molar-refractivity contribution in [1.29, 1.82) is 0 Å². The molecule has 0 unspecified atom stereocenters. The second-order valence-electron chi connectivity index (χ2n) is 4.56. The van der Waals surface area contributed by atoms with Crippen LogP contribution in [-0.4, -0.2) is 19.6 Å². The minimum Gasteiger partial charge on any atom is -0.396 e. The van der Waals surface area contributed by atoms with Gasteiger partial charge in [0.15, 0.2) is 0 Å². The fourth-order valence-electron chi connectivity index (χ4n) is 2.06. The van der Waals surface area contributed by atoms with E-state index in [9.17, 15) is 0 Å². The van der Waals surface area contributed by atoms with E-state index in [0.29, 0.717) is 21.4 Å². The molecule has 0 bridgehead atoms. The molecule has 0 aliphatic carbocycles. The molecule has 0 saturated heterocycles. The Balaban J connectivity index is 2.05. The first-order valence-corrected chi connectivity index (χ1v) is 7.17. The predicted octanol–water partition coefficient (Wildman–Crippen LogP) is 3.64. The molecule has 2 N–H and O–H groups in total. The van der Waals surface area contributed by atoms with E-state index in [4.69, 9.17) is 28.9 Å². The second-order valence-corrected chi connectivity index (χ2v) is 5.40. The molecular weight excluding hydrogens is 309 g/mol. The molecule has 0 aliphatic rings. The lowest BCUT2D eigenvalue weighted by molar-refractivity contribution is 0.660. The molecule has 7 heteroatoms. The van der Waals surface area contributed by atoms with E-state index in [1.807, 2.05) is 17.8 Å². The quantitative estimate of drug-likeness (QED) is 0.801. The lowest BCUT2D eigenvalue weighted by atomic mass is 10.2. The van der Waals surface area contributed by atoms with Gasteiger partial charge >= 0.3 is 0 Å². The van der Waals surface area contributed by atoms with Gasteiger partial charge in [0.2, 0.25) is 0 Å². The van der Waals surface area contributed by atoms with Crippen LogP contribution >= 0.6 is 23.2 Å². The summed E-state index contributed by atoms with van der Waals surface area (Å²) in [5.74, 6) is 0. The highest BCUT2D eigenvalue weighted by Crippen LogP contribution is 2.28. The smallest absolute Gasteiger partial charge is 0.119 e. The number of aromatic nitrogens is 4. The Morgan fingerprint density at radius 2 is 2.05 bits per heavy atom. The van der Waals surface area contributed by atoms with Gasteiger partial charge in [-0.2, -0.15) is 10.2 Å². The maximum Gasteiger partial charge on any atom is 0.119 e. The van der Waals surface area contributed by atoms with Crippen LogP contribution in [0.4, 0.5) is 5.69 Å². The summed E-state index contributed by atoms with van der Waals surface area (Å²) in [5.41, 5.74) is 8.90. The van der Waals surface area contributed by atoms with Crippen LogP contribution in [0.25, 0.3) is 16.9 Å². The van der Waals surface area contributed by atoms with Crippen molar-refractivity contribution >= 4 is 28.9 Å². The molecule has 0 spiro atoms. The summed E-state index contributed by atoms with van der Waals surface area (Å²) in [4.78, 5) is 0. The summed E-state index contributed by atoms with van der Waals surface area (Å²) in [7, 11) is 0. The number of rotatable bonds is 3. The topological polar surface area (TPSA) is 61.7 Å². The minimum absolute atomic E-state index is 0.515. The number of nitrogen functional groups attached to an aromatic ring is 1. The van der Waals surface area contributed by atoms with Crippen molar-refractivity contribution in [2.24, 2.45) is 0 Å². The monoisotopic (exact) mass is 321 g/mol. The van der Waals surface area contributed by atoms with Gasteiger partial charge in [-0.15, -0.1) is 0 Å². The average Bonchev–Trinajstić information content (AvgIpc) is 3.05. The Morgan fingerprint density at radius 3 is 2.71 bits per heavy atom. The maximum absolute atomic E-state index is 6.20. The molecule has 0 saturated carbocycles. The van der Waals surface area contributed by atoms with Gasteiger partial charge in [0.05, 0.1) is 28.8 Å². The van der Waals surface area contributed by atoms with Crippen LogP contribution in [-0.2, 0) is 6.54 Å².